The number of fused-ring (bicyclic) bond motifs is 5. The number of hydrogen-bond donors (Lipinski definition) is 0. The summed E-state index contributed by atoms with van der Waals surface area (Å²) in [6.45, 7) is 10.7. The lowest BCUT2D eigenvalue weighted by Crippen LogP contribution is -2.41. The number of para-hydroxylation sites is 1. The molecule has 4 heteroatoms. The van der Waals surface area contributed by atoms with Gasteiger partial charge in [0.25, 0.3) is 0 Å². The third kappa shape index (κ3) is 5.69. The molecule has 2 fully saturated rings. The Hall–Kier alpha value is -4.25. The number of nitrogens with zero attached hydrogens (tertiary/aromatic N) is 1. The summed E-state index contributed by atoms with van der Waals surface area (Å²) in [6, 6.07) is 42.2. The first-order valence-corrected chi connectivity index (χ1v) is 18.1. The van der Waals surface area contributed by atoms with Crippen LogP contribution in [0.25, 0.3) is 22.3 Å². The second-order valence-corrected chi connectivity index (χ2v) is 15.4. The van der Waals surface area contributed by atoms with Gasteiger partial charge < -0.3 is 9.31 Å². The van der Waals surface area contributed by atoms with Gasteiger partial charge in [0.05, 0.1) is 22.6 Å². The zero-order valence-corrected chi connectivity index (χ0v) is 29.6. The van der Waals surface area contributed by atoms with E-state index < -0.39 is 0 Å². The topological polar surface area (TPSA) is 30.8 Å². The van der Waals surface area contributed by atoms with Crippen LogP contribution in [0.4, 0.5) is 5.69 Å². The van der Waals surface area contributed by atoms with Crippen LogP contribution in [0.3, 0.4) is 0 Å². The Bertz CT molecular complexity index is 2040. The predicted molar refractivity (Wildman–Crippen MR) is 204 cm³/mol. The first kappa shape index (κ1) is 32.0. The Morgan fingerprint density at radius 2 is 1.31 bits per heavy atom. The van der Waals surface area contributed by atoms with E-state index in [-0.39, 0.29) is 23.7 Å². The van der Waals surface area contributed by atoms with E-state index >= 15 is 0 Å². The van der Waals surface area contributed by atoms with E-state index in [1.54, 1.807) is 0 Å². The maximum Gasteiger partial charge on any atom is 0.494 e. The Balaban J connectivity index is 1.15. The molecule has 49 heavy (non-hydrogen) atoms. The summed E-state index contributed by atoms with van der Waals surface area (Å²) in [4.78, 5) is 5.20. The molecule has 3 aliphatic rings. The van der Waals surface area contributed by atoms with E-state index in [0.717, 1.165) is 28.8 Å². The molecular formula is C45H46BNO2. The van der Waals surface area contributed by atoms with Crippen LogP contribution in [0.15, 0.2) is 120 Å². The van der Waals surface area contributed by atoms with Gasteiger partial charge in [0.2, 0.25) is 0 Å². The fourth-order valence-corrected chi connectivity index (χ4v) is 8.24. The van der Waals surface area contributed by atoms with Crippen molar-refractivity contribution in [1.82, 2.24) is 0 Å². The van der Waals surface area contributed by atoms with Gasteiger partial charge in [0.15, 0.2) is 0 Å². The third-order valence-electron chi connectivity index (χ3n) is 11.7. The van der Waals surface area contributed by atoms with E-state index in [1.165, 1.54) is 76.6 Å². The predicted octanol–water partition coefficient (Wildman–Crippen LogP) is 10.6. The van der Waals surface area contributed by atoms with Crippen LogP contribution in [-0.4, -0.2) is 24.0 Å². The monoisotopic (exact) mass is 643 g/mol. The highest BCUT2D eigenvalue weighted by Gasteiger charge is 2.52. The Labute approximate surface area is 292 Å². The van der Waals surface area contributed by atoms with Gasteiger partial charge in [0.1, 0.15) is 0 Å². The lowest BCUT2D eigenvalue weighted by atomic mass is 9.66. The molecule has 5 aromatic carbocycles. The molecule has 246 valence electrons. The van der Waals surface area contributed by atoms with Gasteiger partial charge in [-0.2, -0.15) is 0 Å². The van der Waals surface area contributed by atoms with Crippen LogP contribution in [0.2, 0.25) is 0 Å². The molecule has 0 unspecified atom stereocenters. The third-order valence-corrected chi connectivity index (χ3v) is 11.7. The minimum atomic E-state index is -0.361. The van der Waals surface area contributed by atoms with Crippen molar-refractivity contribution < 1.29 is 9.31 Å². The average molecular weight is 644 g/mol. The smallest absolute Gasteiger partial charge is 0.399 e. The summed E-state index contributed by atoms with van der Waals surface area (Å²) < 4.78 is 13.0. The number of rotatable bonds is 6. The van der Waals surface area contributed by atoms with Gasteiger partial charge in [0, 0.05) is 11.8 Å². The molecule has 1 aliphatic heterocycles. The molecule has 1 saturated heterocycles. The second kappa shape index (κ2) is 12.3. The molecule has 5 aromatic rings. The van der Waals surface area contributed by atoms with Crippen molar-refractivity contribution in [3.63, 3.8) is 0 Å². The highest BCUT2D eigenvalue weighted by molar-refractivity contribution is 6.62. The Morgan fingerprint density at radius 1 is 0.653 bits per heavy atom. The summed E-state index contributed by atoms with van der Waals surface area (Å²) in [5.41, 5.74) is 14.4. The fraction of sp³-hybridized carbons (Fsp3) is 0.311. The van der Waals surface area contributed by atoms with Crippen molar-refractivity contribution in [2.45, 2.75) is 89.8 Å². The number of benzene rings is 5. The van der Waals surface area contributed by atoms with Crippen LogP contribution < -0.4 is 5.46 Å². The molecule has 0 amide bonds. The fourth-order valence-electron chi connectivity index (χ4n) is 8.24. The zero-order chi connectivity index (χ0) is 33.8. The molecule has 1 saturated carbocycles. The molecule has 3 nitrogen and oxygen atoms in total. The average Bonchev–Trinajstić information content (AvgIpc) is 3.50. The molecule has 8 rings (SSSR count). The largest absolute Gasteiger partial charge is 0.494 e. The molecule has 0 N–H and O–H groups in total. The zero-order valence-electron chi connectivity index (χ0n) is 29.6. The molecular weight excluding hydrogens is 597 g/mol. The highest BCUT2D eigenvalue weighted by Crippen LogP contribution is 2.56. The molecule has 1 heterocycles. The maximum atomic E-state index is 6.51. The van der Waals surface area contributed by atoms with E-state index in [0.29, 0.717) is 0 Å². The van der Waals surface area contributed by atoms with Crippen LogP contribution in [0.5, 0.6) is 0 Å². The summed E-state index contributed by atoms with van der Waals surface area (Å²) in [7, 11) is -0.354. The first-order valence-electron chi connectivity index (χ1n) is 18.1. The number of hydrogen-bond acceptors (Lipinski definition) is 3. The highest BCUT2D eigenvalue weighted by atomic mass is 16.7. The van der Waals surface area contributed by atoms with Crippen molar-refractivity contribution in [1.29, 1.82) is 0 Å². The summed E-state index contributed by atoms with van der Waals surface area (Å²) in [5, 5.41) is 0. The normalized spacial score (nSPS) is 18.8. The lowest BCUT2D eigenvalue weighted by molar-refractivity contribution is 0.00578. The van der Waals surface area contributed by atoms with Crippen LogP contribution in [0, 0.1) is 6.92 Å². The summed E-state index contributed by atoms with van der Waals surface area (Å²) in [5.74, 6) is 0. The molecule has 0 radical (unpaired) electrons. The van der Waals surface area contributed by atoms with Crippen molar-refractivity contribution in [3.05, 3.63) is 143 Å². The molecule has 0 atom stereocenters. The van der Waals surface area contributed by atoms with E-state index in [4.69, 9.17) is 14.3 Å². The molecule has 0 aromatic heterocycles. The summed E-state index contributed by atoms with van der Waals surface area (Å²) >= 11 is 0. The first-order chi connectivity index (χ1) is 23.6. The number of aliphatic imine (C=N–C) groups is 1. The Morgan fingerprint density at radius 3 is 2.04 bits per heavy atom. The number of aryl methyl sites for hydroxylation is 1. The van der Waals surface area contributed by atoms with Gasteiger partial charge in [-0.3, -0.25) is 4.99 Å². The van der Waals surface area contributed by atoms with Crippen molar-refractivity contribution in [2.75, 3.05) is 0 Å². The van der Waals surface area contributed by atoms with Gasteiger partial charge >= 0.3 is 7.12 Å². The van der Waals surface area contributed by atoms with E-state index in [9.17, 15) is 0 Å². The van der Waals surface area contributed by atoms with Crippen molar-refractivity contribution >= 4 is 24.0 Å². The van der Waals surface area contributed by atoms with Crippen molar-refractivity contribution in [3.8, 4) is 22.3 Å². The summed E-state index contributed by atoms with van der Waals surface area (Å²) in [6.07, 6.45) is 6.93. The van der Waals surface area contributed by atoms with Gasteiger partial charge in [-0.05, 0) is 115 Å². The lowest BCUT2D eigenvalue weighted by Gasteiger charge is -2.36. The van der Waals surface area contributed by atoms with Crippen LogP contribution >= 0.6 is 0 Å². The van der Waals surface area contributed by atoms with E-state index in [2.05, 4.69) is 150 Å². The SMILES string of the molecule is Cc1ccccc1N=C(Cc1cccc(-c2ccc3c(c2)C2(CCCCC2)c2cc(B4OC(C)(C)C(C)(C)O4)ccc2-3)c1)c1ccccc1. The van der Waals surface area contributed by atoms with Crippen LogP contribution in [0.1, 0.15) is 87.6 Å². The van der Waals surface area contributed by atoms with Crippen LogP contribution in [-0.2, 0) is 21.1 Å². The minimum absolute atomic E-state index is 0.0247. The standard InChI is InChI=1S/C45H46BNO2/c1-31-15-10-11-20-41(31)47-42(33-17-8-6-9-18-33)28-32-16-14-19-34(27-32)35-21-23-37-38-24-22-36(46-48-43(2,3)44(4,5)49-46)30-40(38)45(39(37)29-35)25-12-7-13-26-45/h6,8-11,14-24,27,29-30H,7,12-13,25-26,28H2,1-5H3. The molecule has 2 aliphatic carbocycles. The van der Waals surface area contributed by atoms with Gasteiger partial charge in [-0.1, -0.05) is 122 Å². The Kier molecular flexibility index (Phi) is 8.01. The molecule has 0 bridgehead atoms. The van der Waals surface area contributed by atoms with Gasteiger partial charge in [-0.25, -0.2) is 0 Å². The van der Waals surface area contributed by atoms with Crippen molar-refractivity contribution in [2.24, 2.45) is 4.99 Å². The van der Waals surface area contributed by atoms with Gasteiger partial charge in [-0.15, -0.1) is 0 Å². The molecule has 1 spiro atoms. The minimum Gasteiger partial charge on any atom is -0.399 e. The quantitative estimate of drug-likeness (QED) is 0.136. The van der Waals surface area contributed by atoms with E-state index in [1.807, 2.05) is 0 Å². The maximum absolute atomic E-state index is 6.51. The second-order valence-electron chi connectivity index (χ2n) is 15.4.